The van der Waals surface area contributed by atoms with E-state index in [1.807, 2.05) is 0 Å². The molecule has 1 aliphatic heterocycles. The molecule has 3 nitrogen and oxygen atoms in total. The summed E-state index contributed by atoms with van der Waals surface area (Å²) in [7, 11) is -1.70. The highest BCUT2D eigenvalue weighted by Crippen LogP contribution is 2.36. The van der Waals surface area contributed by atoms with Gasteiger partial charge < -0.3 is 9.16 Å². The predicted molar refractivity (Wildman–Crippen MR) is 67.1 cm³/mol. The average molecular weight is 244 g/mol. The third-order valence-electron chi connectivity index (χ3n) is 3.63. The number of carbonyl (C=O) groups is 1. The summed E-state index contributed by atoms with van der Waals surface area (Å²) in [5, 5.41) is 0.214. The van der Waals surface area contributed by atoms with Gasteiger partial charge in [0.15, 0.2) is 8.32 Å². The van der Waals surface area contributed by atoms with Gasteiger partial charge in [-0.05, 0) is 18.1 Å². The summed E-state index contributed by atoms with van der Waals surface area (Å²) >= 11 is 0. The first-order chi connectivity index (χ1) is 7.22. The first kappa shape index (κ1) is 13.9. The lowest BCUT2D eigenvalue weighted by Crippen LogP contribution is -2.43. The van der Waals surface area contributed by atoms with Crippen molar-refractivity contribution in [1.82, 2.24) is 0 Å². The molecule has 1 heterocycles. The topological polar surface area (TPSA) is 35.5 Å². The highest BCUT2D eigenvalue weighted by atomic mass is 28.4. The highest BCUT2D eigenvalue weighted by molar-refractivity contribution is 6.74. The van der Waals surface area contributed by atoms with E-state index in [1.165, 1.54) is 0 Å². The molecule has 0 aliphatic carbocycles. The molecule has 0 aromatic carbocycles. The van der Waals surface area contributed by atoms with Crippen LogP contribution in [0.5, 0.6) is 0 Å². The molecule has 16 heavy (non-hydrogen) atoms. The number of hydrogen-bond acceptors (Lipinski definition) is 3. The number of ether oxygens (including phenoxy) is 1. The first-order valence-electron chi connectivity index (χ1n) is 5.99. The van der Waals surface area contributed by atoms with Crippen molar-refractivity contribution in [2.75, 3.05) is 13.2 Å². The number of hydrogen-bond donors (Lipinski definition) is 0. The molecule has 0 amide bonds. The van der Waals surface area contributed by atoms with Crippen molar-refractivity contribution in [3.05, 3.63) is 0 Å². The highest BCUT2D eigenvalue weighted by Gasteiger charge is 2.38. The molecule has 0 unspecified atom stereocenters. The largest absolute Gasteiger partial charge is 0.414 e. The van der Waals surface area contributed by atoms with E-state index in [0.717, 1.165) is 0 Å². The van der Waals surface area contributed by atoms with E-state index in [9.17, 15) is 4.79 Å². The van der Waals surface area contributed by atoms with E-state index in [0.29, 0.717) is 31.8 Å². The molecule has 0 bridgehead atoms. The minimum absolute atomic E-state index is 0.0182. The summed E-state index contributed by atoms with van der Waals surface area (Å²) in [6.07, 6.45) is 1.07. The number of carbonyl (C=O) groups excluding carboxylic acids is 1. The minimum atomic E-state index is -1.70. The quantitative estimate of drug-likeness (QED) is 0.716. The Morgan fingerprint density at radius 3 is 2.56 bits per heavy atom. The molecule has 4 heteroatoms. The molecule has 1 aliphatic rings. The fourth-order valence-electron chi connectivity index (χ4n) is 1.38. The van der Waals surface area contributed by atoms with Crippen LogP contribution in [0.1, 0.15) is 33.6 Å². The zero-order chi connectivity index (χ0) is 12.4. The zero-order valence-corrected chi connectivity index (χ0v) is 12.1. The van der Waals surface area contributed by atoms with Crippen LogP contribution in [0, 0.1) is 0 Å². The van der Waals surface area contributed by atoms with Gasteiger partial charge in [0.05, 0.1) is 19.3 Å². The van der Waals surface area contributed by atoms with Gasteiger partial charge in [-0.15, -0.1) is 0 Å². The Kier molecular flexibility index (Phi) is 4.32. The SMILES string of the molecule is CC(C)(C)[Si](C)(C)OC[C@@H]1CC(=O)CCO1. The van der Waals surface area contributed by atoms with Crippen LogP contribution in [0.25, 0.3) is 0 Å². The first-order valence-corrected chi connectivity index (χ1v) is 8.90. The summed E-state index contributed by atoms with van der Waals surface area (Å²) in [5.74, 6) is 0.301. The molecular weight excluding hydrogens is 220 g/mol. The van der Waals surface area contributed by atoms with Crippen LogP contribution >= 0.6 is 0 Å². The molecule has 0 radical (unpaired) electrons. The molecule has 1 rings (SSSR count). The lowest BCUT2D eigenvalue weighted by Gasteiger charge is -2.37. The van der Waals surface area contributed by atoms with Gasteiger partial charge >= 0.3 is 0 Å². The third-order valence-corrected chi connectivity index (χ3v) is 8.13. The summed E-state index contributed by atoms with van der Waals surface area (Å²) in [4.78, 5) is 11.3. The molecule has 0 aromatic heterocycles. The number of ketones is 1. The van der Waals surface area contributed by atoms with E-state index in [2.05, 4.69) is 33.9 Å². The number of Topliss-reactive ketones (excluding diaryl/α,β-unsaturated/α-hetero) is 1. The second kappa shape index (κ2) is 4.98. The Hall–Kier alpha value is -0.193. The standard InChI is InChI=1S/C12H24O3Si/c1-12(2,3)16(4,5)15-9-11-8-10(13)6-7-14-11/h11H,6-9H2,1-5H3/t11-/m0/s1. The maximum atomic E-state index is 11.3. The fraction of sp³-hybridized carbons (Fsp3) is 0.917. The summed E-state index contributed by atoms with van der Waals surface area (Å²) in [5.41, 5.74) is 0. The van der Waals surface area contributed by atoms with Gasteiger partial charge in [0.1, 0.15) is 5.78 Å². The Morgan fingerprint density at radius 2 is 2.06 bits per heavy atom. The van der Waals surface area contributed by atoms with Crippen molar-refractivity contribution in [3.8, 4) is 0 Å². The van der Waals surface area contributed by atoms with Gasteiger partial charge in [-0.1, -0.05) is 20.8 Å². The van der Waals surface area contributed by atoms with Crippen LogP contribution in [0.3, 0.4) is 0 Å². The zero-order valence-electron chi connectivity index (χ0n) is 11.1. The lowest BCUT2D eigenvalue weighted by atomic mass is 10.1. The molecule has 0 saturated carbocycles. The van der Waals surface area contributed by atoms with Crippen LogP contribution in [0.15, 0.2) is 0 Å². The monoisotopic (exact) mass is 244 g/mol. The van der Waals surface area contributed by atoms with Crippen LogP contribution in [-0.2, 0) is 14.0 Å². The van der Waals surface area contributed by atoms with E-state index >= 15 is 0 Å². The maximum Gasteiger partial charge on any atom is 0.192 e. The van der Waals surface area contributed by atoms with Crippen molar-refractivity contribution < 1.29 is 14.0 Å². The molecule has 0 N–H and O–H groups in total. The molecule has 1 fully saturated rings. The summed E-state index contributed by atoms with van der Waals surface area (Å²) in [6, 6.07) is 0. The van der Waals surface area contributed by atoms with Gasteiger partial charge in [0.25, 0.3) is 0 Å². The van der Waals surface area contributed by atoms with Crippen molar-refractivity contribution in [2.45, 2.75) is 57.8 Å². The van der Waals surface area contributed by atoms with Crippen LogP contribution in [0.4, 0.5) is 0 Å². The maximum absolute atomic E-state index is 11.3. The van der Waals surface area contributed by atoms with Gasteiger partial charge in [0, 0.05) is 12.8 Å². The van der Waals surface area contributed by atoms with Gasteiger partial charge in [-0.3, -0.25) is 4.79 Å². The van der Waals surface area contributed by atoms with Crippen molar-refractivity contribution >= 4 is 14.1 Å². The summed E-state index contributed by atoms with van der Waals surface area (Å²) in [6.45, 7) is 12.2. The van der Waals surface area contributed by atoms with Crippen LogP contribution < -0.4 is 0 Å². The minimum Gasteiger partial charge on any atom is -0.414 e. The van der Waals surface area contributed by atoms with E-state index in [4.69, 9.17) is 9.16 Å². The molecule has 0 aromatic rings. The Morgan fingerprint density at radius 1 is 1.44 bits per heavy atom. The molecule has 0 spiro atoms. The Balaban J connectivity index is 2.42. The van der Waals surface area contributed by atoms with Crippen molar-refractivity contribution in [3.63, 3.8) is 0 Å². The van der Waals surface area contributed by atoms with Crippen molar-refractivity contribution in [2.24, 2.45) is 0 Å². The normalized spacial score (nSPS) is 23.6. The third kappa shape index (κ3) is 3.68. The molecule has 1 saturated heterocycles. The van der Waals surface area contributed by atoms with Gasteiger partial charge in [-0.25, -0.2) is 0 Å². The van der Waals surface area contributed by atoms with Gasteiger partial charge in [-0.2, -0.15) is 0 Å². The average Bonchev–Trinajstić information content (AvgIpc) is 2.13. The fourth-order valence-corrected chi connectivity index (χ4v) is 2.41. The second-order valence-electron chi connectivity index (χ2n) is 6.06. The van der Waals surface area contributed by atoms with Gasteiger partial charge in [0.2, 0.25) is 0 Å². The van der Waals surface area contributed by atoms with E-state index in [1.54, 1.807) is 0 Å². The predicted octanol–water partition coefficient (Wildman–Crippen LogP) is 2.76. The molecular formula is C12H24O3Si. The summed E-state index contributed by atoms with van der Waals surface area (Å²) < 4.78 is 11.6. The van der Waals surface area contributed by atoms with Crippen LogP contribution in [0.2, 0.25) is 18.1 Å². The molecule has 1 atom stereocenters. The van der Waals surface area contributed by atoms with Crippen LogP contribution in [-0.4, -0.2) is 33.4 Å². The second-order valence-corrected chi connectivity index (χ2v) is 10.9. The number of rotatable bonds is 3. The van der Waals surface area contributed by atoms with E-state index in [-0.39, 0.29) is 11.1 Å². The molecule has 94 valence electrons. The van der Waals surface area contributed by atoms with E-state index < -0.39 is 8.32 Å². The lowest BCUT2D eigenvalue weighted by molar-refractivity contribution is -0.129. The Bertz CT molecular complexity index is 255. The van der Waals surface area contributed by atoms with Crippen molar-refractivity contribution in [1.29, 1.82) is 0 Å². The smallest absolute Gasteiger partial charge is 0.192 e. The Labute approximate surface area is 99.6 Å².